The highest BCUT2D eigenvalue weighted by Crippen LogP contribution is 2.23. The van der Waals surface area contributed by atoms with E-state index in [1.807, 2.05) is 32.0 Å². The smallest absolute Gasteiger partial charge is 0.243 e. The summed E-state index contributed by atoms with van der Waals surface area (Å²) in [5, 5.41) is 0.917. The summed E-state index contributed by atoms with van der Waals surface area (Å²) in [7, 11) is -2.33. The Kier molecular flexibility index (Phi) is 7.62. The maximum absolute atomic E-state index is 13.4. The molecule has 0 N–H and O–H groups in total. The second-order valence-electron chi connectivity index (χ2n) is 7.58. The van der Waals surface area contributed by atoms with E-state index in [4.69, 9.17) is 23.2 Å². The SMILES string of the molecule is Cc1ccc(N(C)C(=O)CN(Cc2cccc(Cl)c2)S(=O)(=O)c2ccc(Cl)cc2)cc1C. The van der Waals surface area contributed by atoms with Crippen molar-refractivity contribution in [3.05, 3.63) is 93.5 Å². The van der Waals surface area contributed by atoms with Crippen molar-refractivity contribution in [3.63, 3.8) is 0 Å². The number of hydrogen-bond acceptors (Lipinski definition) is 3. The van der Waals surface area contributed by atoms with Gasteiger partial charge in [-0.05, 0) is 79.1 Å². The molecule has 0 aliphatic rings. The summed E-state index contributed by atoms with van der Waals surface area (Å²) in [6, 6.07) is 18.5. The fourth-order valence-electron chi connectivity index (χ4n) is 3.16. The number of halogens is 2. The molecule has 5 nitrogen and oxygen atoms in total. The van der Waals surface area contributed by atoms with Crippen molar-refractivity contribution in [3.8, 4) is 0 Å². The van der Waals surface area contributed by atoms with Gasteiger partial charge in [0.15, 0.2) is 0 Å². The quantitative estimate of drug-likeness (QED) is 0.441. The Morgan fingerprint density at radius 2 is 1.56 bits per heavy atom. The third-order valence-electron chi connectivity index (χ3n) is 5.26. The Morgan fingerprint density at radius 3 is 2.19 bits per heavy atom. The van der Waals surface area contributed by atoms with E-state index in [0.29, 0.717) is 21.3 Å². The summed E-state index contributed by atoms with van der Waals surface area (Å²) in [6.45, 7) is 3.62. The molecule has 8 heteroatoms. The lowest BCUT2D eigenvalue weighted by molar-refractivity contribution is -0.118. The van der Waals surface area contributed by atoms with E-state index in [-0.39, 0.29) is 23.9 Å². The molecule has 168 valence electrons. The molecule has 0 radical (unpaired) electrons. The molecule has 0 unspecified atom stereocenters. The van der Waals surface area contributed by atoms with Gasteiger partial charge in [-0.2, -0.15) is 4.31 Å². The van der Waals surface area contributed by atoms with E-state index in [9.17, 15) is 13.2 Å². The highest BCUT2D eigenvalue weighted by molar-refractivity contribution is 7.89. The van der Waals surface area contributed by atoms with Crippen LogP contribution in [0.25, 0.3) is 0 Å². The lowest BCUT2D eigenvalue weighted by atomic mass is 10.1. The zero-order chi connectivity index (χ0) is 23.5. The van der Waals surface area contributed by atoms with E-state index in [1.165, 1.54) is 29.2 Å². The van der Waals surface area contributed by atoms with E-state index in [2.05, 4.69) is 0 Å². The molecule has 0 saturated carbocycles. The maximum Gasteiger partial charge on any atom is 0.243 e. The normalized spacial score (nSPS) is 11.6. The number of anilines is 1. The monoisotopic (exact) mass is 490 g/mol. The standard InChI is InChI=1S/C24H24Cl2N2O3S/c1-17-7-10-22(13-18(17)2)27(3)24(29)16-28(15-19-5-4-6-21(26)14-19)32(30,31)23-11-8-20(25)9-12-23/h4-14H,15-16H2,1-3H3. The van der Waals surface area contributed by atoms with Gasteiger partial charge in [0, 0.05) is 29.3 Å². The number of carbonyl (C=O) groups excluding carboxylic acids is 1. The first-order valence-corrected chi connectivity index (χ1v) is 12.1. The molecule has 0 aliphatic carbocycles. The average Bonchev–Trinajstić information content (AvgIpc) is 2.75. The predicted molar refractivity (Wildman–Crippen MR) is 130 cm³/mol. The first kappa shape index (κ1) is 24.3. The first-order chi connectivity index (χ1) is 15.1. The zero-order valence-corrected chi connectivity index (χ0v) is 20.4. The highest BCUT2D eigenvalue weighted by atomic mass is 35.5. The second kappa shape index (κ2) is 10.0. The van der Waals surface area contributed by atoms with Gasteiger partial charge < -0.3 is 4.90 Å². The molecule has 3 aromatic carbocycles. The number of rotatable bonds is 7. The first-order valence-electron chi connectivity index (χ1n) is 9.92. The van der Waals surface area contributed by atoms with Crippen LogP contribution in [0.4, 0.5) is 5.69 Å². The summed E-state index contributed by atoms with van der Waals surface area (Å²) in [4.78, 5) is 14.6. The van der Waals surface area contributed by atoms with Gasteiger partial charge in [0.05, 0.1) is 11.4 Å². The van der Waals surface area contributed by atoms with Gasteiger partial charge in [-0.1, -0.05) is 41.4 Å². The van der Waals surface area contributed by atoms with Crippen LogP contribution in [0.2, 0.25) is 10.0 Å². The van der Waals surface area contributed by atoms with Crippen molar-refractivity contribution in [2.45, 2.75) is 25.3 Å². The molecule has 0 atom stereocenters. The van der Waals surface area contributed by atoms with Crippen molar-refractivity contribution >= 4 is 44.8 Å². The van der Waals surface area contributed by atoms with Gasteiger partial charge in [0.25, 0.3) is 0 Å². The third kappa shape index (κ3) is 5.70. The number of carbonyl (C=O) groups is 1. The van der Waals surface area contributed by atoms with Crippen molar-refractivity contribution in [1.29, 1.82) is 0 Å². The van der Waals surface area contributed by atoms with Crippen LogP contribution >= 0.6 is 23.2 Å². The fraction of sp³-hybridized carbons (Fsp3) is 0.208. The van der Waals surface area contributed by atoms with Gasteiger partial charge in [-0.15, -0.1) is 0 Å². The van der Waals surface area contributed by atoms with Crippen LogP contribution in [0.15, 0.2) is 71.6 Å². The minimum Gasteiger partial charge on any atom is -0.314 e. The van der Waals surface area contributed by atoms with Crippen molar-refractivity contribution in [1.82, 2.24) is 4.31 Å². The zero-order valence-electron chi connectivity index (χ0n) is 18.0. The summed E-state index contributed by atoms with van der Waals surface area (Å²) in [5.41, 5.74) is 3.54. The minimum absolute atomic E-state index is 0.00196. The number of amides is 1. The molecular formula is C24H24Cl2N2O3S. The van der Waals surface area contributed by atoms with Gasteiger partial charge in [-0.3, -0.25) is 4.79 Å². The van der Waals surface area contributed by atoms with E-state index in [1.54, 1.807) is 31.3 Å². The number of hydrogen-bond donors (Lipinski definition) is 0. The van der Waals surface area contributed by atoms with Crippen LogP contribution in [-0.2, 0) is 21.4 Å². The van der Waals surface area contributed by atoms with Crippen molar-refractivity contribution in [2.24, 2.45) is 0 Å². The third-order valence-corrected chi connectivity index (χ3v) is 7.56. The average molecular weight is 491 g/mol. The molecule has 1 amide bonds. The van der Waals surface area contributed by atoms with Crippen LogP contribution in [0, 0.1) is 13.8 Å². The van der Waals surface area contributed by atoms with Crippen LogP contribution < -0.4 is 4.90 Å². The molecular weight excluding hydrogens is 467 g/mol. The van der Waals surface area contributed by atoms with Crippen molar-refractivity contribution in [2.75, 3.05) is 18.5 Å². The van der Waals surface area contributed by atoms with Crippen LogP contribution in [-0.4, -0.2) is 32.2 Å². The summed E-state index contributed by atoms with van der Waals surface area (Å²) < 4.78 is 28.0. The number of benzene rings is 3. The molecule has 0 spiro atoms. The molecule has 3 aromatic rings. The fourth-order valence-corrected chi connectivity index (χ4v) is 4.87. The largest absolute Gasteiger partial charge is 0.314 e. The van der Waals surface area contributed by atoms with Crippen LogP contribution in [0.5, 0.6) is 0 Å². The minimum atomic E-state index is -3.97. The molecule has 0 heterocycles. The number of sulfonamides is 1. The van der Waals surface area contributed by atoms with E-state index in [0.717, 1.165) is 15.4 Å². The Bertz CT molecular complexity index is 1230. The number of likely N-dealkylation sites (N-methyl/N-ethyl adjacent to an activating group) is 1. The van der Waals surface area contributed by atoms with Gasteiger partial charge in [0.1, 0.15) is 0 Å². The molecule has 0 saturated heterocycles. The molecule has 32 heavy (non-hydrogen) atoms. The molecule has 3 rings (SSSR count). The summed E-state index contributed by atoms with van der Waals surface area (Å²) >= 11 is 12.0. The Hall–Kier alpha value is -2.38. The van der Waals surface area contributed by atoms with E-state index < -0.39 is 10.0 Å². The molecule has 0 bridgehead atoms. The number of aryl methyl sites for hydroxylation is 2. The summed E-state index contributed by atoms with van der Waals surface area (Å²) in [5.74, 6) is -0.354. The second-order valence-corrected chi connectivity index (χ2v) is 10.4. The molecule has 0 fully saturated rings. The van der Waals surface area contributed by atoms with Gasteiger partial charge >= 0.3 is 0 Å². The highest BCUT2D eigenvalue weighted by Gasteiger charge is 2.28. The maximum atomic E-state index is 13.4. The molecule has 0 aromatic heterocycles. The summed E-state index contributed by atoms with van der Waals surface area (Å²) in [6.07, 6.45) is 0. The Morgan fingerprint density at radius 1 is 0.875 bits per heavy atom. The topological polar surface area (TPSA) is 57.7 Å². The predicted octanol–water partition coefficient (Wildman–Crippen LogP) is 5.46. The van der Waals surface area contributed by atoms with Crippen LogP contribution in [0.1, 0.15) is 16.7 Å². The van der Waals surface area contributed by atoms with Gasteiger partial charge in [-0.25, -0.2) is 8.42 Å². The van der Waals surface area contributed by atoms with Crippen LogP contribution in [0.3, 0.4) is 0 Å². The Balaban J connectivity index is 1.93. The van der Waals surface area contributed by atoms with E-state index >= 15 is 0 Å². The number of nitrogens with zero attached hydrogens (tertiary/aromatic N) is 2. The Labute approximate surface area is 199 Å². The lowest BCUT2D eigenvalue weighted by Crippen LogP contribution is -2.41. The van der Waals surface area contributed by atoms with Crippen molar-refractivity contribution < 1.29 is 13.2 Å². The van der Waals surface area contributed by atoms with Gasteiger partial charge in [0.2, 0.25) is 15.9 Å². The molecule has 0 aliphatic heterocycles. The lowest BCUT2D eigenvalue weighted by Gasteiger charge is -2.25.